The molecule has 0 amide bonds. The predicted octanol–water partition coefficient (Wildman–Crippen LogP) is 3.80. The Balaban J connectivity index is 1.95. The quantitative estimate of drug-likeness (QED) is 0.570. The second kappa shape index (κ2) is 8.97. The molecule has 0 atom stereocenters. The van der Waals surface area contributed by atoms with E-state index in [0.29, 0.717) is 6.61 Å². The first-order chi connectivity index (χ1) is 10.2. The van der Waals surface area contributed by atoms with Gasteiger partial charge in [0.2, 0.25) is 0 Å². The number of rotatable bonds is 8. The van der Waals surface area contributed by atoms with Crippen LogP contribution in [0.25, 0.3) is 0 Å². The zero-order valence-corrected chi connectivity index (χ0v) is 15.0. The van der Waals surface area contributed by atoms with Gasteiger partial charge >= 0.3 is 0 Å². The van der Waals surface area contributed by atoms with Crippen LogP contribution in [0.5, 0.6) is 0 Å². The largest absolute Gasteiger partial charge is 0.383 e. The first-order valence-corrected chi connectivity index (χ1v) is 9.50. The van der Waals surface area contributed by atoms with Crippen LogP contribution in [0.2, 0.25) is 5.02 Å². The van der Waals surface area contributed by atoms with Crippen LogP contribution in [0.3, 0.4) is 0 Å². The normalized spacial score (nSPS) is 11.0. The van der Waals surface area contributed by atoms with Crippen LogP contribution in [-0.2, 0) is 11.3 Å². The van der Waals surface area contributed by atoms with Crippen molar-refractivity contribution in [3.63, 3.8) is 0 Å². The van der Waals surface area contributed by atoms with E-state index in [1.165, 1.54) is 0 Å². The molecule has 0 spiro atoms. The Morgan fingerprint density at radius 2 is 2.14 bits per heavy atom. The van der Waals surface area contributed by atoms with Gasteiger partial charge in [-0.3, -0.25) is 0 Å². The molecule has 0 radical (unpaired) electrons. The van der Waals surface area contributed by atoms with Crippen molar-refractivity contribution in [2.45, 2.75) is 20.1 Å². The molecule has 0 fully saturated rings. The highest BCUT2D eigenvalue weighted by Crippen LogP contribution is 2.36. The second-order valence-corrected chi connectivity index (χ2v) is 7.80. The molecule has 1 aromatic carbocycles. The van der Waals surface area contributed by atoms with Gasteiger partial charge in [-0.1, -0.05) is 52.5 Å². The Kier molecular flexibility index (Phi) is 7.28. The number of halogens is 1. The molecule has 0 aliphatic carbocycles. The van der Waals surface area contributed by atoms with Gasteiger partial charge in [0.15, 0.2) is 8.68 Å². The first-order valence-electron chi connectivity index (χ1n) is 6.26. The van der Waals surface area contributed by atoms with E-state index in [9.17, 15) is 0 Å². The van der Waals surface area contributed by atoms with E-state index < -0.39 is 0 Å². The number of benzene rings is 1. The highest BCUT2D eigenvalue weighted by Gasteiger charge is 2.09. The van der Waals surface area contributed by atoms with Crippen molar-refractivity contribution in [2.75, 3.05) is 26.5 Å². The molecule has 1 heterocycles. The Morgan fingerprint density at radius 3 is 2.81 bits per heavy atom. The Hall–Kier alpha value is -0.310. The van der Waals surface area contributed by atoms with Crippen LogP contribution in [0.15, 0.2) is 31.8 Å². The summed E-state index contributed by atoms with van der Waals surface area (Å²) in [6.45, 7) is 2.31. The van der Waals surface area contributed by atoms with Crippen molar-refractivity contribution < 1.29 is 4.74 Å². The van der Waals surface area contributed by atoms with Crippen LogP contribution in [0.4, 0.5) is 0 Å². The fourth-order valence-electron chi connectivity index (χ4n) is 1.56. The van der Waals surface area contributed by atoms with Gasteiger partial charge in [-0.25, -0.2) is 0 Å². The van der Waals surface area contributed by atoms with Gasteiger partial charge in [0, 0.05) is 25.1 Å². The van der Waals surface area contributed by atoms with Gasteiger partial charge in [0.05, 0.1) is 11.6 Å². The smallest absolute Gasteiger partial charge is 0.179 e. The van der Waals surface area contributed by atoms with E-state index in [-0.39, 0.29) is 0 Å². The molecular weight excluding hydrogens is 346 g/mol. The summed E-state index contributed by atoms with van der Waals surface area (Å²) in [6, 6.07) is 6.09. The number of ether oxygens (including phenoxy) is 1. The number of nitrogens with zero attached hydrogens (tertiary/aromatic N) is 2. The molecule has 0 saturated carbocycles. The summed E-state index contributed by atoms with van der Waals surface area (Å²) in [6.07, 6.45) is 1.99. The monoisotopic (exact) mass is 361 g/mol. The fourth-order valence-corrected chi connectivity index (χ4v) is 4.28. The molecule has 0 aliphatic heterocycles. The van der Waals surface area contributed by atoms with E-state index in [1.807, 2.05) is 18.4 Å². The third kappa shape index (κ3) is 5.43. The Bertz CT molecular complexity index is 580. The molecule has 1 N–H and O–H groups in total. The number of hydrogen-bond donors (Lipinski definition) is 1. The third-order valence-corrected chi connectivity index (χ3v) is 6.02. The van der Waals surface area contributed by atoms with Crippen LogP contribution < -0.4 is 5.32 Å². The van der Waals surface area contributed by atoms with E-state index >= 15 is 0 Å². The highest BCUT2D eigenvalue weighted by molar-refractivity contribution is 8.03. The minimum atomic E-state index is 0.705. The lowest BCUT2D eigenvalue weighted by atomic mass is 10.2. The van der Waals surface area contributed by atoms with Crippen molar-refractivity contribution in [3.8, 4) is 0 Å². The highest BCUT2D eigenvalue weighted by atomic mass is 35.5. The topological polar surface area (TPSA) is 47.0 Å². The van der Waals surface area contributed by atoms with Gasteiger partial charge in [-0.2, -0.15) is 0 Å². The lowest BCUT2D eigenvalue weighted by Gasteiger charge is -2.07. The Morgan fingerprint density at radius 1 is 1.33 bits per heavy atom. The Labute approximate surface area is 142 Å². The molecule has 2 rings (SSSR count). The molecule has 114 valence electrons. The van der Waals surface area contributed by atoms with E-state index in [4.69, 9.17) is 16.3 Å². The predicted molar refractivity (Wildman–Crippen MR) is 90.8 cm³/mol. The standard InChI is InChI=1S/C13H16ClN3OS3/c1-18-6-5-15-8-9-3-4-11(10(14)7-9)20-13-17-16-12(19-2)21-13/h3-4,7,15H,5-6,8H2,1-2H3. The fraction of sp³-hybridized carbons (Fsp3) is 0.385. The van der Waals surface area contributed by atoms with Gasteiger partial charge in [0.1, 0.15) is 0 Å². The molecule has 0 saturated heterocycles. The van der Waals surface area contributed by atoms with Gasteiger partial charge < -0.3 is 10.1 Å². The third-order valence-electron chi connectivity index (χ3n) is 2.57. The maximum absolute atomic E-state index is 6.34. The van der Waals surface area contributed by atoms with Gasteiger partial charge in [-0.05, 0) is 24.0 Å². The minimum Gasteiger partial charge on any atom is -0.383 e. The van der Waals surface area contributed by atoms with E-state index in [0.717, 1.165) is 37.3 Å². The maximum Gasteiger partial charge on any atom is 0.179 e. The molecule has 2 aromatic rings. The van der Waals surface area contributed by atoms with Crippen LogP contribution in [0.1, 0.15) is 5.56 Å². The number of methoxy groups -OCH3 is 1. The van der Waals surface area contributed by atoms with Crippen molar-refractivity contribution in [3.05, 3.63) is 28.8 Å². The SMILES string of the molecule is COCCNCc1ccc(Sc2nnc(SC)s2)c(Cl)c1. The zero-order chi connectivity index (χ0) is 15.1. The van der Waals surface area contributed by atoms with E-state index in [1.54, 1.807) is 42.0 Å². The molecule has 1 aromatic heterocycles. The summed E-state index contributed by atoms with van der Waals surface area (Å²) >= 11 is 11.1. The summed E-state index contributed by atoms with van der Waals surface area (Å²) in [4.78, 5) is 1.00. The van der Waals surface area contributed by atoms with Crippen molar-refractivity contribution >= 4 is 46.5 Å². The summed E-state index contributed by atoms with van der Waals surface area (Å²) in [7, 11) is 1.69. The average Bonchev–Trinajstić information content (AvgIpc) is 2.94. The van der Waals surface area contributed by atoms with Crippen LogP contribution >= 0.6 is 46.5 Å². The minimum absolute atomic E-state index is 0.705. The zero-order valence-electron chi connectivity index (χ0n) is 11.8. The molecule has 21 heavy (non-hydrogen) atoms. The van der Waals surface area contributed by atoms with Crippen LogP contribution in [-0.4, -0.2) is 36.7 Å². The number of thioether (sulfide) groups is 1. The van der Waals surface area contributed by atoms with Gasteiger partial charge in [-0.15, -0.1) is 10.2 Å². The van der Waals surface area contributed by atoms with Crippen molar-refractivity contribution in [1.29, 1.82) is 0 Å². The van der Waals surface area contributed by atoms with E-state index in [2.05, 4.69) is 21.6 Å². The first kappa shape index (κ1) is 17.1. The number of aromatic nitrogens is 2. The molecule has 0 aliphatic rings. The lowest BCUT2D eigenvalue weighted by Crippen LogP contribution is -2.18. The van der Waals surface area contributed by atoms with Gasteiger partial charge in [0.25, 0.3) is 0 Å². The number of hydrogen-bond acceptors (Lipinski definition) is 7. The van der Waals surface area contributed by atoms with Crippen molar-refractivity contribution in [2.24, 2.45) is 0 Å². The molecule has 0 unspecified atom stereocenters. The summed E-state index contributed by atoms with van der Waals surface area (Å²) in [5, 5.41) is 12.3. The summed E-state index contributed by atoms with van der Waals surface area (Å²) < 4.78 is 6.87. The maximum atomic E-state index is 6.34. The van der Waals surface area contributed by atoms with Crippen LogP contribution in [0, 0.1) is 0 Å². The molecule has 8 heteroatoms. The molecule has 0 bridgehead atoms. The second-order valence-electron chi connectivity index (χ2n) is 4.07. The van der Waals surface area contributed by atoms with Crippen molar-refractivity contribution in [1.82, 2.24) is 15.5 Å². The average molecular weight is 362 g/mol. The summed E-state index contributed by atoms with van der Waals surface area (Å²) in [5.74, 6) is 0. The lowest BCUT2D eigenvalue weighted by molar-refractivity contribution is 0.199. The summed E-state index contributed by atoms with van der Waals surface area (Å²) in [5.41, 5.74) is 1.16. The molecule has 4 nitrogen and oxygen atoms in total. The number of nitrogens with one attached hydrogen (secondary N) is 1. The molecular formula is C13H16ClN3OS3.